The van der Waals surface area contributed by atoms with Crippen molar-refractivity contribution in [2.75, 3.05) is 39.6 Å². The molecule has 2 heterocycles. The van der Waals surface area contributed by atoms with Crippen LogP contribution in [0.5, 0.6) is 11.5 Å². The van der Waals surface area contributed by atoms with Crippen molar-refractivity contribution < 1.29 is 43.2 Å². The Balaban J connectivity index is 1.31. The average Bonchev–Trinajstić information content (AvgIpc) is 2.79. The van der Waals surface area contributed by atoms with E-state index in [1.807, 2.05) is 6.07 Å². The molecule has 0 amide bonds. The smallest absolute Gasteiger partial charge is 0.354 e. The monoisotopic (exact) mass is 459 g/mol. The Morgan fingerprint density at radius 1 is 0.818 bits per heavy atom. The topological polar surface area (TPSA) is 155 Å². The van der Waals surface area contributed by atoms with Crippen molar-refractivity contribution in [3.8, 4) is 11.5 Å². The summed E-state index contributed by atoms with van der Waals surface area (Å²) >= 11 is 0. The number of carbonyl (C=O) groups is 2. The molecule has 0 unspecified atom stereocenters. The molecule has 11 heteroatoms. The van der Waals surface area contributed by atoms with Crippen molar-refractivity contribution in [3.05, 3.63) is 64.3 Å². The highest BCUT2D eigenvalue weighted by atomic mass is 16.6. The summed E-state index contributed by atoms with van der Waals surface area (Å²) in [5, 5.41) is 18.7. The number of hydrogen-bond donors (Lipinski definition) is 2. The van der Waals surface area contributed by atoms with Crippen LogP contribution < -0.4 is 15.1 Å². The normalized spacial score (nSPS) is 10.8. The van der Waals surface area contributed by atoms with Crippen LogP contribution in [0.4, 0.5) is 0 Å². The van der Waals surface area contributed by atoms with E-state index in [1.165, 1.54) is 6.07 Å². The van der Waals surface area contributed by atoms with Gasteiger partial charge in [0.1, 0.15) is 30.3 Å². The molecule has 33 heavy (non-hydrogen) atoms. The minimum Gasteiger partial charge on any atom is -0.491 e. The van der Waals surface area contributed by atoms with Crippen LogP contribution in [-0.2, 0) is 9.47 Å². The zero-order chi connectivity index (χ0) is 23.6. The fourth-order valence-corrected chi connectivity index (χ4v) is 2.76. The molecule has 3 rings (SSSR count). The minimum atomic E-state index is -1.36. The quantitative estimate of drug-likeness (QED) is 0.285. The maximum atomic E-state index is 11.6. The maximum Gasteiger partial charge on any atom is 0.354 e. The highest BCUT2D eigenvalue weighted by Crippen LogP contribution is 2.23. The van der Waals surface area contributed by atoms with Crippen molar-refractivity contribution >= 4 is 22.9 Å². The van der Waals surface area contributed by atoms with Gasteiger partial charge in [-0.1, -0.05) is 12.1 Å². The molecule has 174 valence electrons. The van der Waals surface area contributed by atoms with Crippen molar-refractivity contribution in [2.24, 2.45) is 0 Å². The zero-order valence-electron chi connectivity index (χ0n) is 17.4. The molecule has 0 spiro atoms. The third kappa shape index (κ3) is 7.02. The van der Waals surface area contributed by atoms with Crippen LogP contribution in [0.25, 0.3) is 11.0 Å². The fraction of sp³-hybridized carbons (Fsp3) is 0.273. The molecule has 0 aliphatic heterocycles. The van der Waals surface area contributed by atoms with Crippen LogP contribution in [0, 0.1) is 0 Å². The van der Waals surface area contributed by atoms with Gasteiger partial charge in [0.25, 0.3) is 0 Å². The molecule has 0 fully saturated rings. The number of para-hydroxylation sites is 1. The molecule has 0 radical (unpaired) electrons. The van der Waals surface area contributed by atoms with Gasteiger partial charge in [0.15, 0.2) is 11.4 Å². The third-order valence-electron chi connectivity index (χ3n) is 4.20. The predicted octanol–water partition coefficient (Wildman–Crippen LogP) is 2.08. The number of carboxylic acids is 2. The van der Waals surface area contributed by atoms with Gasteiger partial charge < -0.3 is 33.6 Å². The third-order valence-corrected chi connectivity index (χ3v) is 4.20. The van der Waals surface area contributed by atoms with Gasteiger partial charge >= 0.3 is 17.6 Å². The molecule has 0 saturated heterocycles. The summed E-state index contributed by atoms with van der Waals surface area (Å²) in [6.45, 7) is 1.34. The van der Waals surface area contributed by atoms with E-state index >= 15 is 0 Å². The highest BCUT2D eigenvalue weighted by molar-refractivity contribution is 5.90. The highest BCUT2D eigenvalue weighted by Gasteiger charge is 2.14. The number of rotatable bonds is 13. The second-order valence-corrected chi connectivity index (χ2v) is 6.53. The summed E-state index contributed by atoms with van der Waals surface area (Å²) in [7, 11) is 0. The lowest BCUT2D eigenvalue weighted by Gasteiger charge is -2.10. The SMILES string of the molecule is O=C(O)c1cc(OCCOCCOCCOc2cc(=O)oc3ccccc23)cc(C(=O)O)n1. The Kier molecular flexibility index (Phi) is 8.33. The predicted molar refractivity (Wildman–Crippen MR) is 113 cm³/mol. The van der Waals surface area contributed by atoms with Crippen LogP contribution in [-0.4, -0.2) is 66.8 Å². The summed E-state index contributed by atoms with van der Waals surface area (Å²) in [4.78, 5) is 37.2. The lowest BCUT2D eigenvalue weighted by Crippen LogP contribution is -2.14. The summed E-state index contributed by atoms with van der Waals surface area (Å²) in [5.41, 5.74) is -0.899. The summed E-state index contributed by atoms with van der Waals surface area (Å²) in [6.07, 6.45) is 0. The van der Waals surface area contributed by atoms with Crippen LogP contribution in [0.15, 0.2) is 51.7 Å². The Morgan fingerprint density at radius 3 is 2.03 bits per heavy atom. The Morgan fingerprint density at radius 2 is 1.39 bits per heavy atom. The first-order chi connectivity index (χ1) is 15.9. The number of ether oxygens (including phenoxy) is 4. The van der Waals surface area contributed by atoms with Crippen LogP contribution in [0.1, 0.15) is 21.0 Å². The van der Waals surface area contributed by atoms with E-state index in [0.717, 1.165) is 12.1 Å². The first kappa shape index (κ1) is 23.7. The zero-order valence-corrected chi connectivity index (χ0v) is 17.4. The summed E-state index contributed by atoms with van der Waals surface area (Å²) in [5.74, 6) is -2.22. The average molecular weight is 459 g/mol. The molecule has 0 bridgehead atoms. The largest absolute Gasteiger partial charge is 0.491 e. The lowest BCUT2D eigenvalue weighted by molar-refractivity contribution is 0.0274. The number of pyridine rings is 1. The molecule has 0 saturated carbocycles. The number of benzene rings is 1. The maximum absolute atomic E-state index is 11.6. The second-order valence-electron chi connectivity index (χ2n) is 6.53. The van der Waals surface area contributed by atoms with Crippen molar-refractivity contribution in [2.45, 2.75) is 0 Å². The van der Waals surface area contributed by atoms with E-state index in [2.05, 4.69) is 4.98 Å². The fourth-order valence-electron chi connectivity index (χ4n) is 2.76. The van der Waals surface area contributed by atoms with Crippen molar-refractivity contribution in [1.29, 1.82) is 0 Å². The first-order valence-electron chi connectivity index (χ1n) is 9.86. The van der Waals surface area contributed by atoms with Crippen molar-refractivity contribution in [1.82, 2.24) is 4.98 Å². The Bertz CT molecular complexity index is 1140. The molecular weight excluding hydrogens is 438 g/mol. The van der Waals surface area contributed by atoms with E-state index in [-0.39, 0.29) is 38.8 Å². The van der Waals surface area contributed by atoms with Gasteiger partial charge in [-0.05, 0) is 12.1 Å². The lowest BCUT2D eigenvalue weighted by atomic mass is 10.2. The standard InChI is InChI=1S/C22H21NO10/c24-20-13-19(15-3-1-2-4-18(15)33-20)32-10-8-30-6-5-29-7-9-31-14-11-16(21(25)26)23-17(12-14)22(27)28/h1-4,11-13H,5-10H2,(H,25,26)(H,27,28). The van der Waals surface area contributed by atoms with Gasteiger partial charge in [0.2, 0.25) is 0 Å². The number of fused-ring (bicyclic) bond motifs is 1. The molecule has 2 aromatic heterocycles. The Labute approximate surface area is 187 Å². The van der Waals surface area contributed by atoms with Gasteiger partial charge in [-0.15, -0.1) is 0 Å². The molecular formula is C22H21NO10. The van der Waals surface area contributed by atoms with E-state index in [4.69, 9.17) is 33.6 Å². The van der Waals surface area contributed by atoms with Gasteiger partial charge in [0.05, 0.1) is 37.9 Å². The molecule has 0 aliphatic rings. The molecule has 2 N–H and O–H groups in total. The van der Waals surface area contributed by atoms with E-state index in [1.54, 1.807) is 18.2 Å². The number of hydrogen-bond acceptors (Lipinski definition) is 9. The number of carboxylic acid groups (broad SMARTS) is 2. The minimum absolute atomic E-state index is 0.0688. The van der Waals surface area contributed by atoms with Gasteiger partial charge in [-0.25, -0.2) is 19.4 Å². The second kappa shape index (κ2) is 11.6. The summed E-state index contributed by atoms with van der Waals surface area (Å²) in [6, 6.07) is 10.6. The van der Waals surface area contributed by atoms with Gasteiger partial charge in [0, 0.05) is 12.1 Å². The van der Waals surface area contributed by atoms with E-state index in [9.17, 15) is 14.4 Å². The molecule has 3 aromatic rings. The molecule has 0 aliphatic carbocycles. The van der Waals surface area contributed by atoms with Crippen LogP contribution in [0.2, 0.25) is 0 Å². The van der Waals surface area contributed by atoms with Gasteiger partial charge in [-0.3, -0.25) is 0 Å². The summed E-state index contributed by atoms with van der Waals surface area (Å²) < 4.78 is 26.8. The van der Waals surface area contributed by atoms with Gasteiger partial charge in [-0.2, -0.15) is 0 Å². The molecule has 0 atom stereocenters. The molecule has 11 nitrogen and oxygen atoms in total. The number of aromatic carboxylic acids is 2. The molecule has 1 aromatic carbocycles. The first-order valence-corrected chi connectivity index (χ1v) is 9.86. The van der Waals surface area contributed by atoms with Crippen LogP contribution in [0.3, 0.4) is 0 Å². The van der Waals surface area contributed by atoms with Crippen LogP contribution >= 0.6 is 0 Å². The van der Waals surface area contributed by atoms with Crippen molar-refractivity contribution in [3.63, 3.8) is 0 Å². The number of nitrogens with zero attached hydrogens (tertiary/aromatic N) is 1. The Hall–Kier alpha value is -3.96. The van der Waals surface area contributed by atoms with E-state index in [0.29, 0.717) is 23.3 Å². The number of aromatic nitrogens is 1. The van der Waals surface area contributed by atoms with E-state index < -0.39 is 29.0 Å².